The van der Waals surface area contributed by atoms with Crippen molar-refractivity contribution < 1.29 is 9.94 Å². The van der Waals surface area contributed by atoms with E-state index in [0.29, 0.717) is 13.2 Å². The summed E-state index contributed by atoms with van der Waals surface area (Å²) in [6.07, 6.45) is 0. The zero-order valence-corrected chi connectivity index (χ0v) is 8.44. The molecule has 1 unspecified atom stereocenters. The van der Waals surface area contributed by atoms with Crippen molar-refractivity contribution in [3.05, 3.63) is 35.9 Å². The van der Waals surface area contributed by atoms with E-state index in [1.54, 1.807) is 0 Å². The van der Waals surface area contributed by atoms with Crippen molar-refractivity contribution in [1.82, 2.24) is 5.48 Å². The van der Waals surface area contributed by atoms with Crippen molar-refractivity contribution in [3.8, 4) is 0 Å². The minimum atomic E-state index is 0.182. The number of hydroxylamine groups is 1. The molecule has 0 saturated heterocycles. The van der Waals surface area contributed by atoms with E-state index in [0.717, 1.165) is 5.56 Å². The van der Waals surface area contributed by atoms with E-state index in [9.17, 15) is 0 Å². The second kappa shape index (κ2) is 6.54. The molecule has 0 saturated carbocycles. The molecular weight excluding hydrogens is 178 g/mol. The lowest BCUT2D eigenvalue weighted by molar-refractivity contribution is 0.0161. The zero-order valence-electron chi connectivity index (χ0n) is 8.44. The van der Waals surface area contributed by atoms with Crippen LogP contribution in [0.4, 0.5) is 0 Å². The molecule has 3 heteroatoms. The van der Waals surface area contributed by atoms with E-state index in [2.05, 4.69) is 5.48 Å². The Morgan fingerprint density at radius 3 is 2.71 bits per heavy atom. The van der Waals surface area contributed by atoms with Gasteiger partial charge in [0.05, 0.1) is 6.61 Å². The number of rotatable bonds is 6. The molecule has 1 aromatic rings. The summed E-state index contributed by atoms with van der Waals surface area (Å²) in [6, 6.07) is 9.96. The summed E-state index contributed by atoms with van der Waals surface area (Å²) >= 11 is 0. The molecule has 0 radical (unpaired) electrons. The maximum Gasteiger partial charge on any atom is 0.0933 e. The van der Waals surface area contributed by atoms with Gasteiger partial charge in [-0.25, -0.2) is 5.48 Å². The lowest BCUT2D eigenvalue weighted by Crippen LogP contribution is -2.23. The summed E-state index contributed by atoms with van der Waals surface area (Å²) in [6.45, 7) is 3.36. The fraction of sp³-hybridized carbons (Fsp3) is 0.455. The van der Waals surface area contributed by atoms with Gasteiger partial charge in [-0.1, -0.05) is 37.3 Å². The van der Waals surface area contributed by atoms with E-state index >= 15 is 0 Å². The molecule has 78 valence electrons. The first-order valence-corrected chi connectivity index (χ1v) is 4.82. The summed E-state index contributed by atoms with van der Waals surface area (Å²) in [5.41, 5.74) is 3.96. The predicted molar refractivity (Wildman–Crippen MR) is 55.5 cm³/mol. The number of hydrogen-bond donors (Lipinski definition) is 2. The SMILES string of the molecule is CC(CO)CNOCc1ccccc1. The number of hydrogen-bond acceptors (Lipinski definition) is 3. The van der Waals surface area contributed by atoms with E-state index in [-0.39, 0.29) is 12.5 Å². The molecule has 14 heavy (non-hydrogen) atoms. The minimum Gasteiger partial charge on any atom is -0.396 e. The van der Waals surface area contributed by atoms with Crippen LogP contribution in [0.2, 0.25) is 0 Å². The number of aliphatic hydroxyl groups excluding tert-OH is 1. The molecule has 0 heterocycles. The third-order valence-corrected chi connectivity index (χ3v) is 1.93. The molecule has 0 aliphatic heterocycles. The normalized spacial score (nSPS) is 12.7. The Morgan fingerprint density at radius 2 is 2.07 bits per heavy atom. The van der Waals surface area contributed by atoms with Crippen LogP contribution in [0.3, 0.4) is 0 Å². The second-order valence-electron chi connectivity index (χ2n) is 3.41. The Kier molecular flexibility index (Phi) is 5.22. The highest BCUT2D eigenvalue weighted by atomic mass is 16.6. The maximum absolute atomic E-state index is 8.76. The molecule has 0 bridgehead atoms. The van der Waals surface area contributed by atoms with Gasteiger partial charge in [-0.05, 0) is 11.5 Å². The van der Waals surface area contributed by atoms with Crippen molar-refractivity contribution in [2.24, 2.45) is 5.92 Å². The molecular formula is C11H17NO2. The van der Waals surface area contributed by atoms with Crippen molar-refractivity contribution in [1.29, 1.82) is 0 Å². The van der Waals surface area contributed by atoms with Crippen molar-refractivity contribution >= 4 is 0 Å². The van der Waals surface area contributed by atoms with Crippen molar-refractivity contribution in [2.75, 3.05) is 13.2 Å². The van der Waals surface area contributed by atoms with Gasteiger partial charge in [0.1, 0.15) is 0 Å². The van der Waals surface area contributed by atoms with Crippen molar-refractivity contribution in [3.63, 3.8) is 0 Å². The highest BCUT2D eigenvalue weighted by Gasteiger charge is 1.98. The first kappa shape index (κ1) is 11.2. The summed E-state index contributed by atoms with van der Waals surface area (Å²) < 4.78 is 0. The Bertz CT molecular complexity index is 238. The van der Waals surface area contributed by atoms with Crippen LogP contribution in [0.15, 0.2) is 30.3 Å². The first-order chi connectivity index (χ1) is 6.83. The molecule has 0 aromatic heterocycles. The monoisotopic (exact) mass is 195 g/mol. The molecule has 3 nitrogen and oxygen atoms in total. The molecule has 0 fully saturated rings. The van der Waals surface area contributed by atoms with Crippen LogP contribution in [0.25, 0.3) is 0 Å². The molecule has 1 aromatic carbocycles. The molecule has 0 aliphatic carbocycles. The summed E-state index contributed by atoms with van der Waals surface area (Å²) in [4.78, 5) is 5.23. The van der Waals surface area contributed by atoms with Gasteiger partial charge < -0.3 is 5.11 Å². The van der Waals surface area contributed by atoms with Crippen LogP contribution in [-0.4, -0.2) is 18.3 Å². The average Bonchev–Trinajstić information content (AvgIpc) is 2.25. The van der Waals surface area contributed by atoms with Gasteiger partial charge >= 0.3 is 0 Å². The lowest BCUT2D eigenvalue weighted by Gasteiger charge is -2.09. The number of nitrogens with one attached hydrogen (secondary N) is 1. The summed E-state index contributed by atoms with van der Waals surface area (Å²) in [7, 11) is 0. The quantitative estimate of drug-likeness (QED) is 0.531. The van der Waals surface area contributed by atoms with E-state index in [1.807, 2.05) is 37.3 Å². The Labute approximate surface area is 84.7 Å². The Balaban J connectivity index is 2.10. The average molecular weight is 195 g/mol. The Hall–Kier alpha value is -0.900. The lowest BCUT2D eigenvalue weighted by atomic mass is 10.2. The van der Waals surface area contributed by atoms with E-state index < -0.39 is 0 Å². The fourth-order valence-corrected chi connectivity index (χ4v) is 0.974. The highest BCUT2D eigenvalue weighted by molar-refractivity contribution is 5.13. The zero-order chi connectivity index (χ0) is 10.2. The van der Waals surface area contributed by atoms with E-state index in [4.69, 9.17) is 9.94 Å². The van der Waals surface area contributed by atoms with Gasteiger partial charge in [0.2, 0.25) is 0 Å². The van der Waals surface area contributed by atoms with Gasteiger partial charge in [0.15, 0.2) is 0 Å². The molecule has 0 spiro atoms. The topological polar surface area (TPSA) is 41.5 Å². The smallest absolute Gasteiger partial charge is 0.0933 e. The largest absolute Gasteiger partial charge is 0.396 e. The highest BCUT2D eigenvalue weighted by Crippen LogP contribution is 1.99. The van der Waals surface area contributed by atoms with Crippen molar-refractivity contribution in [2.45, 2.75) is 13.5 Å². The molecule has 0 aliphatic rings. The van der Waals surface area contributed by atoms with Gasteiger partial charge in [0.25, 0.3) is 0 Å². The van der Waals surface area contributed by atoms with Gasteiger partial charge in [-0.3, -0.25) is 4.84 Å². The first-order valence-electron chi connectivity index (χ1n) is 4.82. The van der Waals surface area contributed by atoms with E-state index in [1.165, 1.54) is 0 Å². The Morgan fingerprint density at radius 1 is 1.36 bits per heavy atom. The molecule has 1 atom stereocenters. The third kappa shape index (κ3) is 4.37. The molecule has 2 N–H and O–H groups in total. The second-order valence-corrected chi connectivity index (χ2v) is 3.41. The van der Waals surface area contributed by atoms with Gasteiger partial charge in [0, 0.05) is 13.2 Å². The standard InChI is InChI=1S/C11H17NO2/c1-10(8-13)7-12-14-9-11-5-3-2-4-6-11/h2-6,10,12-13H,7-9H2,1H3. The maximum atomic E-state index is 8.76. The predicted octanol–water partition coefficient (Wildman–Crippen LogP) is 1.34. The fourth-order valence-electron chi connectivity index (χ4n) is 0.974. The van der Waals surface area contributed by atoms with Crippen LogP contribution in [0, 0.1) is 5.92 Å². The van der Waals surface area contributed by atoms with Gasteiger partial charge in [-0.15, -0.1) is 0 Å². The number of aliphatic hydroxyl groups is 1. The number of benzene rings is 1. The third-order valence-electron chi connectivity index (χ3n) is 1.93. The molecule has 0 amide bonds. The van der Waals surface area contributed by atoms with Crippen LogP contribution in [-0.2, 0) is 11.4 Å². The van der Waals surface area contributed by atoms with Crippen LogP contribution in [0.1, 0.15) is 12.5 Å². The van der Waals surface area contributed by atoms with Crippen LogP contribution in [0.5, 0.6) is 0 Å². The minimum absolute atomic E-state index is 0.182. The summed E-state index contributed by atoms with van der Waals surface area (Å²) in [5.74, 6) is 0.228. The van der Waals surface area contributed by atoms with Crippen LogP contribution >= 0.6 is 0 Å². The summed E-state index contributed by atoms with van der Waals surface area (Å²) in [5, 5.41) is 8.76. The van der Waals surface area contributed by atoms with Gasteiger partial charge in [-0.2, -0.15) is 0 Å². The van der Waals surface area contributed by atoms with Crippen LogP contribution < -0.4 is 5.48 Å². The molecule has 1 rings (SSSR count).